The molecular weight excluding hydrogens is 378 g/mol. The lowest BCUT2D eigenvalue weighted by atomic mass is 9.70. The molecule has 28 heavy (non-hydrogen) atoms. The van der Waals surface area contributed by atoms with Gasteiger partial charge in [-0.15, -0.1) is 0 Å². The van der Waals surface area contributed by atoms with Crippen LogP contribution in [0.15, 0.2) is 0 Å². The second-order valence-corrected chi connectivity index (χ2v) is 8.84. The van der Waals surface area contributed by atoms with Crippen LogP contribution in [0.4, 0.5) is 10.7 Å². The molecule has 3 aliphatic rings. The smallest absolute Gasteiger partial charge is 0.322 e. The molecule has 4 rings (SSSR count). The Bertz CT molecular complexity index is 683. The number of urea groups is 1. The van der Waals surface area contributed by atoms with Gasteiger partial charge in [-0.1, -0.05) is 44.9 Å². The molecule has 8 heteroatoms. The Balaban J connectivity index is 1.33. The van der Waals surface area contributed by atoms with Crippen molar-refractivity contribution in [1.29, 1.82) is 0 Å². The summed E-state index contributed by atoms with van der Waals surface area (Å²) in [5, 5.41) is 5.69. The van der Waals surface area contributed by atoms with Gasteiger partial charge in [0.1, 0.15) is 6.10 Å². The Kier molecular flexibility index (Phi) is 6.50. The van der Waals surface area contributed by atoms with Gasteiger partial charge in [0.05, 0.1) is 0 Å². The minimum absolute atomic E-state index is 0.0318. The predicted octanol–water partition coefficient (Wildman–Crippen LogP) is 4.72. The summed E-state index contributed by atoms with van der Waals surface area (Å²) in [5.41, 5.74) is 0. The zero-order valence-electron chi connectivity index (χ0n) is 16.3. The van der Waals surface area contributed by atoms with Crippen LogP contribution >= 0.6 is 11.6 Å². The Labute approximate surface area is 171 Å². The summed E-state index contributed by atoms with van der Waals surface area (Å²) in [4.78, 5) is 24.6. The summed E-state index contributed by atoms with van der Waals surface area (Å²) in [6, 6.07) is 0.113. The summed E-state index contributed by atoms with van der Waals surface area (Å²) in [5.74, 6) is 1.74. The van der Waals surface area contributed by atoms with Crippen molar-refractivity contribution in [3.05, 3.63) is 5.28 Å². The number of anilines is 1. The largest absolute Gasteiger partial charge is 0.460 e. The van der Waals surface area contributed by atoms with Gasteiger partial charge in [0.15, 0.2) is 0 Å². The number of fused-ring (bicyclic) bond motifs is 1. The molecule has 2 N–H and O–H groups in total. The van der Waals surface area contributed by atoms with Gasteiger partial charge in [-0.2, -0.15) is 15.0 Å². The average Bonchev–Trinajstić information content (AvgIpc) is 2.68. The Morgan fingerprint density at radius 2 is 1.64 bits per heavy atom. The molecule has 0 aliphatic heterocycles. The quantitative estimate of drug-likeness (QED) is 0.753. The number of hydrogen-bond acceptors (Lipinski definition) is 5. The average molecular weight is 408 g/mol. The fourth-order valence-electron chi connectivity index (χ4n) is 5.10. The number of nitrogens with zero attached hydrogens (tertiary/aromatic N) is 3. The molecule has 3 fully saturated rings. The fraction of sp³-hybridized carbons (Fsp3) is 0.800. The van der Waals surface area contributed by atoms with Crippen LogP contribution in [0.1, 0.15) is 77.0 Å². The number of aromatic nitrogens is 3. The number of halogens is 1. The van der Waals surface area contributed by atoms with E-state index < -0.39 is 0 Å². The van der Waals surface area contributed by atoms with Crippen LogP contribution in [-0.4, -0.2) is 33.1 Å². The lowest BCUT2D eigenvalue weighted by Crippen LogP contribution is -2.39. The molecule has 3 atom stereocenters. The summed E-state index contributed by atoms with van der Waals surface area (Å²) >= 11 is 6.04. The standard InChI is InChI=1S/C20H30ClN5O2/c21-17-23-18(25-19(27)22-15-8-2-1-3-9-15)26-20(24-17)28-16-11-10-13-6-4-5-7-14(13)12-16/h13-16H,1-12H2,(H2,22,23,24,25,26,27). The molecule has 2 amide bonds. The molecule has 1 aromatic heterocycles. The highest BCUT2D eigenvalue weighted by Crippen LogP contribution is 2.41. The van der Waals surface area contributed by atoms with Crippen molar-refractivity contribution in [1.82, 2.24) is 20.3 Å². The van der Waals surface area contributed by atoms with E-state index in [1.807, 2.05) is 0 Å². The SMILES string of the molecule is O=C(Nc1nc(Cl)nc(OC2CCC3CCCCC3C2)n1)NC1CCCCC1. The van der Waals surface area contributed by atoms with E-state index in [4.69, 9.17) is 16.3 Å². The number of carbonyl (C=O) groups excluding carboxylic acids is 1. The molecule has 0 bridgehead atoms. The van der Waals surface area contributed by atoms with Gasteiger partial charge >= 0.3 is 12.0 Å². The summed E-state index contributed by atoms with van der Waals surface area (Å²) in [6.07, 6.45) is 14.4. The first-order chi connectivity index (χ1) is 13.7. The summed E-state index contributed by atoms with van der Waals surface area (Å²) in [7, 11) is 0. The van der Waals surface area contributed by atoms with Gasteiger partial charge < -0.3 is 10.1 Å². The Hall–Kier alpha value is -1.63. The summed E-state index contributed by atoms with van der Waals surface area (Å²) < 4.78 is 6.04. The van der Waals surface area contributed by atoms with Gasteiger partial charge in [0.2, 0.25) is 11.2 Å². The second-order valence-electron chi connectivity index (χ2n) is 8.50. The molecule has 1 aromatic rings. The first kappa shape index (κ1) is 19.7. The molecule has 1 heterocycles. The molecule has 3 saturated carbocycles. The second kappa shape index (κ2) is 9.25. The van der Waals surface area contributed by atoms with E-state index in [0.717, 1.165) is 50.4 Å². The van der Waals surface area contributed by atoms with Gasteiger partial charge in [0.25, 0.3) is 0 Å². The number of nitrogens with one attached hydrogen (secondary N) is 2. The van der Waals surface area contributed by atoms with Crippen molar-refractivity contribution in [3.8, 4) is 6.01 Å². The third-order valence-electron chi connectivity index (χ3n) is 6.52. The molecule has 154 valence electrons. The van der Waals surface area contributed by atoms with E-state index in [1.54, 1.807) is 0 Å². The van der Waals surface area contributed by atoms with Crippen LogP contribution in [-0.2, 0) is 0 Å². The van der Waals surface area contributed by atoms with E-state index in [2.05, 4.69) is 25.6 Å². The first-order valence-electron chi connectivity index (χ1n) is 10.8. The van der Waals surface area contributed by atoms with Crippen molar-refractivity contribution in [2.24, 2.45) is 11.8 Å². The predicted molar refractivity (Wildman–Crippen MR) is 108 cm³/mol. The monoisotopic (exact) mass is 407 g/mol. The van der Waals surface area contributed by atoms with Crippen LogP contribution in [0.5, 0.6) is 6.01 Å². The topological polar surface area (TPSA) is 89.0 Å². The molecular formula is C20H30ClN5O2. The number of hydrogen-bond donors (Lipinski definition) is 2. The Morgan fingerprint density at radius 1 is 0.893 bits per heavy atom. The highest BCUT2D eigenvalue weighted by molar-refractivity contribution is 6.28. The lowest BCUT2D eigenvalue weighted by molar-refractivity contribution is 0.0587. The van der Waals surface area contributed by atoms with E-state index >= 15 is 0 Å². The van der Waals surface area contributed by atoms with Gasteiger partial charge in [-0.25, -0.2) is 4.79 Å². The zero-order valence-corrected chi connectivity index (χ0v) is 17.1. The lowest BCUT2D eigenvalue weighted by Gasteiger charge is -2.38. The fourth-order valence-corrected chi connectivity index (χ4v) is 5.25. The van der Waals surface area contributed by atoms with Gasteiger partial charge in [0, 0.05) is 6.04 Å². The highest BCUT2D eigenvalue weighted by Gasteiger charge is 2.33. The van der Waals surface area contributed by atoms with Crippen LogP contribution in [0, 0.1) is 11.8 Å². The van der Waals surface area contributed by atoms with Crippen molar-refractivity contribution >= 4 is 23.6 Å². The third kappa shape index (κ3) is 5.25. The minimum Gasteiger partial charge on any atom is -0.460 e. The minimum atomic E-state index is -0.303. The van der Waals surface area contributed by atoms with E-state index in [9.17, 15) is 4.79 Å². The van der Waals surface area contributed by atoms with Crippen molar-refractivity contribution in [3.63, 3.8) is 0 Å². The maximum Gasteiger partial charge on any atom is 0.322 e. The molecule has 0 aromatic carbocycles. The van der Waals surface area contributed by atoms with E-state index in [0.29, 0.717) is 0 Å². The number of ether oxygens (including phenoxy) is 1. The highest BCUT2D eigenvalue weighted by atomic mass is 35.5. The molecule has 3 aliphatic carbocycles. The number of carbonyl (C=O) groups is 1. The van der Waals surface area contributed by atoms with E-state index in [1.165, 1.54) is 38.5 Å². The molecule has 0 saturated heterocycles. The normalized spacial score (nSPS) is 28.2. The van der Waals surface area contributed by atoms with Gasteiger partial charge in [-0.05, 0) is 55.5 Å². The van der Waals surface area contributed by atoms with Crippen LogP contribution < -0.4 is 15.4 Å². The van der Waals surface area contributed by atoms with Crippen LogP contribution in [0.3, 0.4) is 0 Å². The van der Waals surface area contributed by atoms with Crippen molar-refractivity contribution < 1.29 is 9.53 Å². The van der Waals surface area contributed by atoms with Crippen molar-refractivity contribution in [2.75, 3.05) is 5.32 Å². The number of amides is 2. The maximum atomic E-state index is 12.2. The Morgan fingerprint density at radius 3 is 2.46 bits per heavy atom. The van der Waals surface area contributed by atoms with Crippen LogP contribution in [0.2, 0.25) is 5.28 Å². The molecule has 3 unspecified atom stereocenters. The van der Waals surface area contributed by atoms with Gasteiger partial charge in [-0.3, -0.25) is 5.32 Å². The zero-order chi connectivity index (χ0) is 19.3. The maximum absolute atomic E-state index is 12.2. The number of rotatable bonds is 4. The van der Waals surface area contributed by atoms with Crippen molar-refractivity contribution in [2.45, 2.75) is 89.2 Å². The first-order valence-corrected chi connectivity index (χ1v) is 11.2. The molecule has 0 radical (unpaired) electrons. The van der Waals surface area contributed by atoms with Crippen LogP contribution in [0.25, 0.3) is 0 Å². The third-order valence-corrected chi connectivity index (χ3v) is 6.69. The molecule has 7 nitrogen and oxygen atoms in total. The van der Waals surface area contributed by atoms with E-state index in [-0.39, 0.29) is 35.4 Å². The molecule has 0 spiro atoms. The summed E-state index contributed by atoms with van der Waals surface area (Å²) in [6.45, 7) is 0.